The normalized spacial score (nSPS) is 11.0. The minimum absolute atomic E-state index is 0.0844. The van der Waals surface area contributed by atoms with Gasteiger partial charge in [-0.05, 0) is 35.7 Å². The highest BCUT2D eigenvalue weighted by Crippen LogP contribution is 2.23. The number of amides is 1. The third kappa shape index (κ3) is 4.15. The molecule has 0 saturated heterocycles. The van der Waals surface area contributed by atoms with Crippen LogP contribution >= 0.6 is 23.1 Å². The number of halogens is 1. The Bertz CT molecular complexity index is 1250. The molecule has 30 heavy (non-hydrogen) atoms. The van der Waals surface area contributed by atoms with Crippen LogP contribution in [0.5, 0.6) is 0 Å². The van der Waals surface area contributed by atoms with Gasteiger partial charge in [0, 0.05) is 11.9 Å². The highest BCUT2D eigenvalue weighted by Gasteiger charge is 2.18. The Labute approximate surface area is 180 Å². The molecular formula is C22H18FN3O2S2. The van der Waals surface area contributed by atoms with E-state index in [2.05, 4.69) is 4.98 Å². The van der Waals surface area contributed by atoms with Gasteiger partial charge in [0.25, 0.3) is 5.56 Å². The third-order valence-corrected chi connectivity index (χ3v) is 6.35. The number of para-hydroxylation sites is 2. The zero-order chi connectivity index (χ0) is 21.1. The predicted molar refractivity (Wildman–Crippen MR) is 119 cm³/mol. The first-order valence-electron chi connectivity index (χ1n) is 9.20. The molecule has 0 saturated carbocycles. The van der Waals surface area contributed by atoms with E-state index in [-0.39, 0.29) is 28.1 Å². The maximum atomic E-state index is 14.5. The van der Waals surface area contributed by atoms with Crippen LogP contribution in [-0.4, -0.2) is 33.2 Å². The first kappa shape index (κ1) is 20.3. The highest BCUT2D eigenvalue weighted by molar-refractivity contribution is 7.99. The molecular weight excluding hydrogens is 421 g/mol. The van der Waals surface area contributed by atoms with Gasteiger partial charge in [0.2, 0.25) is 5.91 Å². The second kappa shape index (κ2) is 8.81. The topological polar surface area (TPSA) is 55.2 Å². The summed E-state index contributed by atoms with van der Waals surface area (Å²) in [5.74, 6) is -0.545. The summed E-state index contributed by atoms with van der Waals surface area (Å²) in [5, 5.41) is 2.64. The number of fused-ring (bicyclic) bond motifs is 1. The lowest BCUT2D eigenvalue weighted by Crippen LogP contribution is -2.28. The summed E-state index contributed by atoms with van der Waals surface area (Å²) in [4.78, 5) is 33.0. The SMILES string of the molecule is CN(Cc1cccs1)C(=O)CSc1nc2ccccc2c(=O)n1-c1ccccc1F. The molecule has 2 heterocycles. The Morgan fingerprint density at radius 2 is 1.90 bits per heavy atom. The molecule has 0 atom stereocenters. The number of carbonyl (C=O) groups is 1. The molecule has 0 aliphatic rings. The summed E-state index contributed by atoms with van der Waals surface area (Å²) in [7, 11) is 1.74. The molecule has 0 aliphatic heterocycles. The van der Waals surface area contributed by atoms with Gasteiger partial charge in [-0.3, -0.25) is 14.2 Å². The van der Waals surface area contributed by atoms with E-state index in [1.165, 1.54) is 16.7 Å². The summed E-state index contributed by atoms with van der Waals surface area (Å²) in [6, 6.07) is 16.9. The summed E-state index contributed by atoms with van der Waals surface area (Å²) in [6.07, 6.45) is 0. The second-order valence-electron chi connectivity index (χ2n) is 6.62. The first-order chi connectivity index (χ1) is 14.5. The standard InChI is InChI=1S/C22H18FN3O2S2/c1-25(13-15-7-6-12-29-15)20(27)14-30-22-24-18-10-4-2-8-16(18)21(28)26(22)19-11-5-3-9-17(19)23/h2-12H,13-14H2,1H3. The lowest BCUT2D eigenvalue weighted by atomic mass is 10.2. The van der Waals surface area contributed by atoms with E-state index in [1.54, 1.807) is 59.7 Å². The maximum absolute atomic E-state index is 14.5. The minimum atomic E-state index is -0.528. The van der Waals surface area contributed by atoms with Gasteiger partial charge in [-0.1, -0.05) is 42.1 Å². The van der Waals surface area contributed by atoms with Crippen LogP contribution in [0.1, 0.15) is 4.88 Å². The van der Waals surface area contributed by atoms with Crippen LogP contribution in [0.25, 0.3) is 16.6 Å². The van der Waals surface area contributed by atoms with Crippen molar-refractivity contribution in [2.75, 3.05) is 12.8 Å². The molecule has 0 radical (unpaired) electrons. The lowest BCUT2D eigenvalue weighted by molar-refractivity contribution is -0.127. The molecule has 0 spiro atoms. The molecule has 0 unspecified atom stereocenters. The summed E-state index contributed by atoms with van der Waals surface area (Å²) in [6.45, 7) is 0.516. The second-order valence-corrected chi connectivity index (χ2v) is 8.60. The van der Waals surface area contributed by atoms with Crippen LogP contribution in [0.4, 0.5) is 4.39 Å². The number of hydrogen-bond acceptors (Lipinski definition) is 5. The number of thiophene rings is 1. The fraction of sp³-hybridized carbons (Fsp3) is 0.136. The minimum Gasteiger partial charge on any atom is -0.340 e. The average Bonchev–Trinajstić information content (AvgIpc) is 3.26. The van der Waals surface area contributed by atoms with Crippen LogP contribution in [-0.2, 0) is 11.3 Å². The molecule has 0 aliphatic carbocycles. The van der Waals surface area contributed by atoms with E-state index in [9.17, 15) is 14.0 Å². The van der Waals surface area contributed by atoms with E-state index in [0.717, 1.165) is 16.6 Å². The lowest BCUT2D eigenvalue weighted by Gasteiger charge is -2.17. The van der Waals surface area contributed by atoms with Gasteiger partial charge in [-0.15, -0.1) is 11.3 Å². The van der Waals surface area contributed by atoms with Crippen molar-refractivity contribution in [1.29, 1.82) is 0 Å². The van der Waals surface area contributed by atoms with Crippen molar-refractivity contribution in [2.45, 2.75) is 11.7 Å². The van der Waals surface area contributed by atoms with E-state index >= 15 is 0 Å². The van der Waals surface area contributed by atoms with Gasteiger partial charge in [0.1, 0.15) is 5.82 Å². The molecule has 4 rings (SSSR count). The third-order valence-electron chi connectivity index (χ3n) is 4.56. The van der Waals surface area contributed by atoms with Crippen LogP contribution < -0.4 is 5.56 Å². The molecule has 0 N–H and O–H groups in total. The molecule has 152 valence electrons. The molecule has 4 aromatic rings. The zero-order valence-corrected chi connectivity index (χ0v) is 17.8. The molecule has 8 heteroatoms. The number of aromatic nitrogens is 2. The summed E-state index contributed by atoms with van der Waals surface area (Å²) in [5.41, 5.74) is 0.257. The van der Waals surface area contributed by atoms with Crippen molar-refractivity contribution in [2.24, 2.45) is 0 Å². The Hall–Kier alpha value is -2.97. The highest BCUT2D eigenvalue weighted by atomic mass is 32.2. The average molecular weight is 440 g/mol. The van der Waals surface area contributed by atoms with Crippen LogP contribution in [0.15, 0.2) is 76.0 Å². The Morgan fingerprint density at radius 1 is 1.13 bits per heavy atom. The van der Waals surface area contributed by atoms with Crippen molar-refractivity contribution in [3.8, 4) is 5.69 Å². The monoisotopic (exact) mass is 439 g/mol. The molecule has 5 nitrogen and oxygen atoms in total. The Morgan fingerprint density at radius 3 is 2.67 bits per heavy atom. The number of nitrogens with zero attached hydrogens (tertiary/aromatic N) is 3. The van der Waals surface area contributed by atoms with Gasteiger partial charge in [0.15, 0.2) is 5.16 Å². The smallest absolute Gasteiger partial charge is 0.266 e. The number of thioether (sulfide) groups is 1. The van der Waals surface area contributed by atoms with E-state index in [4.69, 9.17) is 0 Å². The first-order valence-corrected chi connectivity index (χ1v) is 11.1. The summed E-state index contributed by atoms with van der Waals surface area (Å²) < 4.78 is 15.7. The van der Waals surface area contributed by atoms with Crippen molar-refractivity contribution >= 4 is 39.9 Å². The largest absolute Gasteiger partial charge is 0.340 e. The Kier molecular flexibility index (Phi) is 5.96. The summed E-state index contributed by atoms with van der Waals surface area (Å²) >= 11 is 2.71. The number of carbonyl (C=O) groups excluding carboxylic acids is 1. The zero-order valence-electron chi connectivity index (χ0n) is 16.1. The van der Waals surface area contributed by atoms with Crippen molar-refractivity contribution in [3.63, 3.8) is 0 Å². The fourth-order valence-electron chi connectivity index (χ4n) is 3.02. The van der Waals surface area contributed by atoms with Gasteiger partial charge in [-0.2, -0.15) is 0 Å². The van der Waals surface area contributed by atoms with E-state index in [0.29, 0.717) is 17.4 Å². The fourth-order valence-corrected chi connectivity index (χ4v) is 4.72. The van der Waals surface area contributed by atoms with Gasteiger partial charge in [-0.25, -0.2) is 9.37 Å². The van der Waals surface area contributed by atoms with Crippen molar-refractivity contribution in [1.82, 2.24) is 14.5 Å². The molecule has 2 aromatic carbocycles. The quantitative estimate of drug-likeness (QED) is 0.331. The van der Waals surface area contributed by atoms with Gasteiger partial charge in [0.05, 0.1) is 28.9 Å². The molecule has 2 aromatic heterocycles. The number of benzene rings is 2. The van der Waals surface area contributed by atoms with Crippen molar-refractivity contribution in [3.05, 3.63) is 87.1 Å². The molecule has 0 fully saturated rings. The van der Waals surface area contributed by atoms with Crippen LogP contribution in [0.2, 0.25) is 0 Å². The predicted octanol–water partition coefficient (Wildman–Crippen LogP) is 4.34. The number of hydrogen-bond donors (Lipinski definition) is 0. The van der Waals surface area contributed by atoms with Gasteiger partial charge >= 0.3 is 0 Å². The molecule has 0 bridgehead atoms. The van der Waals surface area contributed by atoms with Crippen LogP contribution in [0.3, 0.4) is 0 Å². The van der Waals surface area contributed by atoms with E-state index < -0.39 is 5.82 Å². The Balaban J connectivity index is 1.67. The van der Waals surface area contributed by atoms with Gasteiger partial charge < -0.3 is 4.90 Å². The maximum Gasteiger partial charge on any atom is 0.266 e. The van der Waals surface area contributed by atoms with Crippen LogP contribution in [0, 0.1) is 5.82 Å². The van der Waals surface area contributed by atoms with E-state index in [1.807, 2.05) is 17.5 Å². The molecule has 1 amide bonds. The number of rotatable bonds is 6. The van der Waals surface area contributed by atoms with Crippen molar-refractivity contribution < 1.29 is 9.18 Å².